The van der Waals surface area contributed by atoms with Gasteiger partial charge in [0.05, 0.1) is 23.9 Å². The SMILES string of the molecule is O=C(Nc1cccc(CS(=O)(=O)c2ccccc2)c1)C1COCCN1. The van der Waals surface area contributed by atoms with Crippen molar-refractivity contribution in [2.24, 2.45) is 0 Å². The Morgan fingerprint density at radius 2 is 1.96 bits per heavy atom. The summed E-state index contributed by atoms with van der Waals surface area (Å²) in [6.45, 7) is 1.55. The smallest absolute Gasteiger partial charge is 0.243 e. The van der Waals surface area contributed by atoms with Crippen LogP contribution in [0.2, 0.25) is 0 Å². The lowest BCUT2D eigenvalue weighted by Gasteiger charge is -2.23. The Morgan fingerprint density at radius 3 is 2.68 bits per heavy atom. The van der Waals surface area contributed by atoms with Gasteiger partial charge in [-0.25, -0.2) is 8.42 Å². The van der Waals surface area contributed by atoms with E-state index >= 15 is 0 Å². The maximum absolute atomic E-state index is 12.5. The third kappa shape index (κ3) is 4.66. The van der Waals surface area contributed by atoms with Crippen LogP contribution in [-0.4, -0.2) is 40.1 Å². The minimum absolute atomic E-state index is 0.120. The molecular weight excluding hydrogens is 340 g/mol. The quantitative estimate of drug-likeness (QED) is 0.846. The van der Waals surface area contributed by atoms with Crippen LogP contribution in [-0.2, 0) is 25.1 Å². The molecule has 132 valence electrons. The van der Waals surface area contributed by atoms with Crippen LogP contribution in [0.1, 0.15) is 5.56 Å². The van der Waals surface area contributed by atoms with E-state index in [4.69, 9.17) is 4.74 Å². The number of hydrogen-bond acceptors (Lipinski definition) is 5. The summed E-state index contributed by atoms with van der Waals surface area (Å²) >= 11 is 0. The first-order chi connectivity index (χ1) is 12.0. The summed E-state index contributed by atoms with van der Waals surface area (Å²) in [5.74, 6) is -0.311. The standard InChI is InChI=1S/C18H20N2O4S/c21-18(17-12-24-10-9-19-17)20-15-6-4-5-14(11-15)13-25(22,23)16-7-2-1-3-8-16/h1-8,11,17,19H,9-10,12-13H2,(H,20,21). The number of nitrogens with one attached hydrogen (secondary N) is 2. The first-order valence-electron chi connectivity index (χ1n) is 8.03. The molecule has 0 radical (unpaired) electrons. The summed E-state index contributed by atoms with van der Waals surface area (Å²) in [5.41, 5.74) is 1.19. The number of ether oxygens (including phenoxy) is 1. The Labute approximate surface area is 147 Å². The Morgan fingerprint density at radius 1 is 1.16 bits per heavy atom. The summed E-state index contributed by atoms with van der Waals surface area (Å²) in [6.07, 6.45) is 0. The van der Waals surface area contributed by atoms with Crippen LogP contribution in [0.5, 0.6) is 0 Å². The second-order valence-corrected chi connectivity index (χ2v) is 7.83. The molecule has 0 saturated carbocycles. The van der Waals surface area contributed by atoms with Gasteiger partial charge in [0.2, 0.25) is 5.91 Å². The number of amides is 1. The minimum Gasteiger partial charge on any atom is -0.378 e. The van der Waals surface area contributed by atoms with E-state index in [1.165, 1.54) is 0 Å². The average Bonchev–Trinajstić information content (AvgIpc) is 2.63. The molecule has 2 N–H and O–H groups in total. The summed E-state index contributed by atoms with van der Waals surface area (Å²) in [6, 6.07) is 14.8. The fourth-order valence-electron chi connectivity index (χ4n) is 2.63. The predicted molar refractivity (Wildman–Crippen MR) is 95.0 cm³/mol. The minimum atomic E-state index is -3.42. The van der Waals surface area contributed by atoms with Crippen LogP contribution in [0.3, 0.4) is 0 Å². The van der Waals surface area contributed by atoms with Crippen LogP contribution in [0, 0.1) is 0 Å². The highest BCUT2D eigenvalue weighted by molar-refractivity contribution is 7.90. The molecule has 0 spiro atoms. The lowest BCUT2D eigenvalue weighted by molar-refractivity contribution is -0.120. The van der Waals surface area contributed by atoms with Gasteiger partial charge in [0.1, 0.15) is 6.04 Å². The Balaban J connectivity index is 1.70. The van der Waals surface area contributed by atoms with Crippen molar-refractivity contribution in [3.05, 3.63) is 60.2 Å². The highest BCUT2D eigenvalue weighted by Gasteiger charge is 2.21. The van der Waals surface area contributed by atoms with Gasteiger partial charge in [-0.2, -0.15) is 0 Å². The van der Waals surface area contributed by atoms with Crippen LogP contribution in [0.15, 0.2) is 59.5 Å². The molecule has 0 aromatic heterocycles. The number of anilines is 1. The Bertz CT molecular complexity index is 831. The van der Waals surface area contributed by atoms with E-state index in [1.54, 1.807) is 54.6 Å². The van der Waals surface area contributed by atoms with Crippen molar-refractivity contribution in [2.75, 3.05) is 25.1 Å². The number of sulfone groups is 1. The van der Waals surface area contributed by atoms with Crippen LogP contribution < -0.4 is 10.6 Å². The van der Waals surface area contributed by atoms with Crippen molar-refractivity contribution in [3.8, 4) is 0 Å². The maximum atomic E-state index is 12.5. The summed E-state index contributed by atoms with van der Waals surface area (Å²) in [4.78, 5) is 12.5. The first kappa shape index (κ1) is 17.6. The normalized spacial score (nSPS) is 17.8. The monoisotopic (exact) mass is 360 g/mol. The summed E-state index contributed by atoms with van der Waals surface area (Å²) in [5, 5.41) is 5.88. The van der Waals surface area contributed by atoms with Crippen molar-refractivity contribution < 1.29 is 17.9 Å². The van der Waals surface area contributed by atoms with Crippen LogP contribution >= 0.6 is 0 Å². The molecule has 2 aromatic carbocycles. The molecule has 25 heavy (non-hydrogen) atoms. The highest BCUT2D eigenvalue weighted by Crippen LogP contribution is 2.19. The molecule has 0 aliphatic carbocycles. The number of rotatable bonds is 5. The van der Waals surface area contributed by atoms with Crippen molar-refractivity contribution >= 4 is 21.4 Å². The fraction of sp³-hybridized carbons (Fsp3) is 0.278. The largest absolute Gasteiger partial charge is 0.378 e. The van der Waals surface area contributed by atoms with Crippen LogP contribution in [0.4, 0.5) is 5.69 Å². The lowest BCUT2D eigenvalue weighted by Crippen LogP contribution is -2.48. The highest BCUT2D eigenvalue weighted by atomic mass is 32.2. The Kier molecular flexibility index (Phi) is 5.47. The molecule has 1 aliphatic rings. The lowest BCUT2D eigenvalue weighted by atomic mass is 10.2. The van der Waals surface area contributed by atoms with Gasteiger partial charge in [0.15, 0.2) is 9.84 Å². The van der Waals surface area contributed by atoms with E-state index in [1.807, 2.05) is 0 Å². The molecule has 0 bridgehead atoms. The van der Waals surface area contributed by atoms with Gasteiger partial charge in [-0.15, -0.1) is 0 Å². The molecule has 1 saturated heterocycles. The fourth-order valence-corrected chi connectivity index (χ4v) is 3.99. The van der Waals surface area contributed by atoms with Crippen molar-refractivity contribution in [1.82, 2.24) is 5.32 Å². The molecule has 1 fully saturated rings. The summed E-state index contributed by atoms with van der Waals surface area (Å²) in [7, 11) is -3.42. The van der Waals surface area contributed by atoms with E-state index in [0.29, 0.717) is 31.0 Å². The molecule has 1 heterocycles. The summed E-state index contributed by atoms with van der Waals surface area (Å²) < 4.78 is 30.2. The zero-order valence-electron chi connectivity index (χ0n) is 13.6. The molecule has 1 aliphatic heterocycles. The number of carbonyl (C=O) groups excluding carboxylic acids is 1. The zero-order chi connectivity index (χ0) is 17.7. The molecule has 1 amide bonds. The van der Waals surface area contributed by atoms with Gasteiger partial charge in [0, 0.05) is 12.2 Å². The predicted octanol–water partition coefficient (Wildman–Crippen LogP) is 1.59. The number of hydrogen-bond donors (Lipinski definition) is 2. The molecular formula is C18H20N2O4S. The Hall–Kier alpha value is -2.22. The van der Waals surface area contributed by atoms with Crippen LogP contribution in [0.25, 0.3) is 0 Å². The van der Waals surface area contributed by atoms with E-state index in [2.05, 4.69) is 10.6 Å². The van der Waals surface area contributed by atoms with Crippen molar-refractivity contribution in [1.29, 1.82) is 0 Å². The second-order valence-electron chi connectivity index (χ2n) is 5.84. The van der Waals surface area contributed by atoms with Gasteiger partial charge in [-0.05, 0) is 29.8 Å². The van der Waals surface area contributed by atoms with Gasteiger partial charge < -0.3 is 15.4 Å². The van der Waals surface area contributed by atoms with E-state index in [0.717, 1.165) is 0 Å². The molecule has 6 nitrogen and oxygen atoms in total. The molecule has 2 aromatic rings. The van der Waals surface area contributed by atoms with Crippen molar-refractivity contribution in [2.45, 2.75) is 16.7 Å². The number of benzene rings is 2. The third-order valence-corrected chi connectivity index (χ3v) is 5.60. The zero-order valence-corrected chi connectivity index (χ0v) is 14.5. The maximum Gasteiger partial charge on any atom is 0.243 e. The molecule has 7 heteroatoms. The van der Waals surface area contributed by atoms with E-state index in [9.17, 15) is 13.2 Å². The average molecular weight is 360 g/mol. The molecule has 1 unspecified atom stereocenters. The third-order valence-electron chi connectivity index (χ3n) is 3.89. The number of carbonyl (C=O) groups is 1. The topological polar surface area (TPSA) is 84.5 Å². The van der Waals surface area contributed by atoms with Gasteiger partial charge in [-0.3, -0.25) is 4.79 Å². The van der Waals surface area contributed by atoms with Gasteiger partial charge >= 0.3 is 0 Å². The molecule has 1 atom stereocenters. The van der Waals surface area contributed by atoms with Gasteiger partial charge in [-0.1, -0.05) is 30.3 Å². The molecule has 3 rings (SSSR count). The van der Waals surface area contributed by atoms with E-state index in [-0.39, 0.29) is 16.6 Å². The van der Waals surface area contributed by atoms with Gasteiger partial charge in [0.25, 0.3) is 0 Å². The van der Waals surface area contributed by atoms with Crippen molar-refractivity contribution in [3.63, 3.8) is 0 Å². The first-order valence-corrected chi connectivity index (χ1v) is 9.68. The second kappa shape index (κ2) is 7.77. The van der Waals surface area contributed by atoms with E-state index < -0.39 is 15.9 Å². The number of morpholine rings is 1.